The largest absolute Gasteiger partial charge is 0.472 e. The van der Waals surface area contributed by atoms with E-state index in [2.05, 4.69) is 34.6 Å². The van der Waals surface area contributed by atoms with E-state index in [4.69, 9.17) is 37.0 Å². The highest BCUT2D eigenvalue weighted by Gasteiger charge is 2.30. The summed E-state index contributed by atoms with van der Waals surface area (Å²) in [4.78, 5) is 72.8. The van der Waals surface area contributed by atoms with Crippen molar-refractivity contribution < 1.29 is 80.2 Å². The van der Waals surface area contributed by atoms with Gasteiger partial charge in [-0.25, -0.2) is 9.13 Å². The Hall–Kier alpha value is -1.94. The van der Waals surface area contributed by atoms with Crippen LogP contribution in [0.5, 0.6) is 0 Å². The average Bonchev–Trinajstić information content (AvgIpc) is 2.00. The molecule has 0 bridgehead atoms. The van der Waals surface area contributed by atoms with Crippen molar-refractivity contribution in [2.24, 2.45) is 5.92 Å². The lowest BCUT2D eigenvalue weighted by Crippen LogP contribution is -2.30. The molecule has 0 aliphatic carbocycles. The summed E-state index contributed by atoms with van der Waals surface area (Å²) in [6.45, 7) is 7.31. The fraction of sp³-hybridized carbons (Fsp3) is 0.947. The quantitative estimate of drug-likeness (QED) is 0.0222. The van der Waals surface area contributed by atoms with Gasteiger partial charge in [-0.15, -0.1) is 0 Å². The van der Waals surface area contributed by atoms with Gasteiger partial charge in [-0.05, 0) is 31.6 Å². The van der Waals surface area contributed by atoms with Gasteiger partial charge in [0.15, 0.2) is 12.2 Å². The van der Waals surface area contributed by atoms with Gasteiger partial charge in [0.1, 0.15) is 19.3 Å². The third-order valence-electron chi connectivity index (χ3n) is 18.1. The molecule has 0 aromatic rings. The molecule has 0 aliphatic rings. The Morgan fingerprint density at radius 3 is 0.747 bits per heavy atom. The minimum atomic E-state index is -4.96. The minimum absolute atomic E-state index is 0.107. The topological polar surface area (TPSA) is 237 Å². The standard InChI is InChI=1S/C76H148O17P2/c1-6-10-13-16-19-22-24-26-28-29-31-33-35-41-46-51-56-61-75(80)92-72(66-87-74(79)60-55-50-45-40-34-32-30-27-25-23-20-17-14-11-7-2)68-91-95(84,85)89-64-70(77)63-88-94(82,83)90-67-71(65-86-73(78)59-54-49-44-38-21-18-15-12-8-3)93-76(81)62-57-52-47-42-37-36-39-43-48-53-58-69(5)9-4/h69-72,77H,6-68H2,1-5H3,(H,82,83)(H,84,85)/t69?,70-,71+,72+/m0/s1. The van der Waals surface area contributed by atoms with Crippen LogP contribution in [-0.2, 0) is 65.4 Å². The summed E-state index contributed by atoms with van der Waals surface area (Å²) < 4.78 is 68.5. The normalized spacial score (nSPS) is 14.2. The Balaban J connectivity index is 5.24. The lowest BCUT2D eigenvalue weighted by atomic mass is 9.99. The van der Waals surface area contributed by atoms with E-state index in [1.165, 1.54) is 225 Å². The van der Waals surface area contributed by atoms with Crippen LogP contribution in [-0.4, -0.2) is 96.7 Å². The second-order valence-electron chi connectivity index (χ2n) is 27.6. The lowest BCUT2D eigenvalue weighted by Gasteiger charge is -2.21. The van der Waals surface area contributed by atoms with Gasteiger partial charge in [-0.3, -0.25) is 37.3 Å². The molecule has 19 heteroatoms. The predicted molar refractivity (Wildman–Crippen MR) is 386 cm³/mol. The number of carbonyl (C=O) groups excluding carboxylic acids is 4. The molecule has 0 aromatic heterocycles. The Morgan fingerprint density at radius 1 is 0.295 bits per heavy atom. The van der Waals surface area contributed by atoms with E-state index in [-0.39, 0.29) is 25.7 Å². The molecule has 0 fully saturated rings. The number of carbonyl (C=O) groups is 4. The van der Waals surface area contributed by atoms with E-state index in [9.17, 15) is 43.2 Å². The Bertz CT molecular complexity index is 1820. The van der Waals surface area contributed by atoms with E-state index in [0.29, 0.717) is 25.7 Å². The molecular formula is C76H148O17P2. The molecule has 0 aliphatic heterocycles. The van der Waals surface area contributed by atoms with Crippen LogP contribution < -0.4 is 0 Å². The summed E-state index contributed by atoms with van der Waals surface area (Å²) in [5.74, 6) is -1.31. The Kier molecular flexibility index (Phi) is 67.7. The first-order valence-corrected chi connectivity index (χ1v) is 42.7. The lowest BCUT2D eigenvalue weighted by molar-refractivity contribution is -0.161. The second-order valence-corrected chi connectivity index (χ2v) is 30.5. The fourth-order valence-corrected chi connectivity index (χ4v) is 13.3. The van der Waals surface area contributed by atoms with E-state index < -0.39 is 97.5 Å². The molecule has 0 rings (SSSR count). The number of esters is 4. The van der Waals surface area contributed by atoms with Crippen LogP contribution in [0.25, 0.3) is 0 Å². The first-order chi connectivity index (χ1) is 46.1. The van der Waals surface area contributed by atoms with Crippen LogP contribution in [0.3, 0.4) is 0 Å². The second kappa shape index (κ2) is 69.2. The van der Waals surface area contributed by atoms with Crippen molar-refractivity contribution in [3.05, 3.63) is 0 Å². The number of hydrogen-bond acceptors (Lipinski definition) is 15. The predicted octanol–water partition coefficient (Wildman–Crippen LogP) is 22.5. The molecule has 0 heterocycles. The SMILES string of the molecule is CCCCCCCCCCCCCCCCCCCC(=O)O[C@H](COC(=O)CCCCCCCCCCCCCCCCC)COP(=O)(O)OC[C@@H](O)COP(=O)(O)OC[C@@H](COC(=O)CCCCCCCCCCC)OC(=O)CCCCCCCCCCCCC(C)CC. The third-order valence-corrected chi connectivity index (χ3v) is 20.0. The molecule has 3 N–H and O–H groups in total. The molecule has 0 amide bonds. The third kappa shape index (κ3) is 69.0. The van der Waals surface area contributed by atoms with Gasteiger partial charge in [0.2, 0.25) is 0 Å². The van der Waals surface area contributed by atoms with E-state index in [0.717, 1.165) is 95.8 Å². The summed E-state index contributed by atoms with van der Waals surface area (Å²) in [5, 5.41) is 10.6. The first-order valence-electron chi connectivity index (χ1n) is 39.7. The van der Waals surface area contributed by atoms with Crippen molar-refractivity contribution in [2.75, 3.05) is 39.6 Å². The highest BCUT2D eigenvalue weighted by Crippen LogP contribution is 2.45. The van der Waals surface area contributed by atoms with Gasteiger partial charge >= 0.3 is 39.5 Å². The van der Waals surface area contributed by atoms with Gasteiger partial charge < -0.3 is 33.8 Å². The number of aliphatic hydroxyl groups excluding tert-OH is 1. The van der Waals surface area contributed by atoms with Crippen molar-refractivity contribution in [3.8, 4) is 0 Å². The van der Waals surface area contributed by atoms with Crippen molar-refractivity contribution in [1.82, 2.24) is 0 Å². The first kappa shape index (κ1) is 93.1. The maximum absolute atomic E-state index is 13.1. The van der Waals surface area contributed by atoms with E-state index in [1.54, 1.807) is 0 Å². The molecule has 0 spiro atoms. The smallest absolute Gasteiger partial charge is 0.462 e. The van der Waals surface area contributed by atoms with Crippen LogP contribution in [0.4, 0.5) is 0 Å². The average molecular weight is 1400 g/mol. The number of rotatable bonds is 76. The fourth-order valence-electron chi connectivity index (χ4n) is 11.7. The molecule has 95 heavy (non-hydrogen) atoms. The highest BCUT2D eigenvalue weighted by molar-refractivity contribution is 7.47. The van der Waals surface area contributed by atoms with Crippen LogP contribution in [0.1, 0.15) is 401 Å². The van der Waals surface area contributed by atoms with Crippen molar-refractivity contribution in [1.29, 1.82) is 0 Å². The van der Waals surface area contributed by atoms with Crippen LogP contribution in [0, 0.1) is 5.92 Å². The Labute approximate surface area is 581 Å². The number of hydrogen-bond donors (Lipinski definition) is 3. The van der Waals surface area contributed by atoms with E-state index in [1.807, 2.05) is 0 Å². The number of phosphoric ester groups is 2. The zero-order chi connectivity index (χ0) is 69.8. The van der Waals surface area contributed by atoms with Gasteiger partial charge in [-0.2, -0.15) is 0 Å². The molecule has 6 atom stereocenters. The molecule has 564 valence electrons. The molecule has 0 saturated carbocycles. The number of aliphatic hydroxyl groups is 1. The summed E-state index contributed by atoms with van der Waals surface area (Å²) in [6.07, 6.45) is 58.1. The zero-order valence-corrected chi connectivity index (χ0v) is 63.6. The molecule has 17 nitrogen and oxygen atoms in total. The van der Waals surface area contributed by atoms with Gasteiger partial charge in [0, 0.05) is 25.7 Å². The molecular weight excluding hydrogens is 1250 g/mol. The number of unbranched alkanes of at least 4 members (excludes halogenated alkanes) is 47. The maximum Gasteiger partial charge on any atom is 0.472 e. The van der Waals surface area contributed by atoms with Gasteiger partial charge in [-0.1, -0.05) is 349 Å². The maximum atomic E-state index is 13.1. The van der Waals surface area contributed by atoms with Crippen LogP contribution in [0.15, 0.2) is 0 Å². The minimum Gasteiger partial charge on any atom is -0.462 e. The van der Waals surface area contributed by atoms with Gasteiger partial charge in [0.25, 0.3) is 0 Å². The molecule has 0 saturated heterocycles. The molecule has 0 radical (unpaired) electrons. The molecule has 3 unspecified atom stereocenters. The summed E-state index contributed by atoms with van der Waals surface area (Å²) in [7, 11) is -9.91. The summed E-state index contributed by atoms with van der Waals surface area (Å²) in [6, 6.07) is 0. The van der Waals surface area contributed by atoms with Crippen molar-refractivity contribution >= 4 is 39.5 Å². The summed E-state index contributed by atoms with van der Waals surface area (Å²) >= 11 is 0. The number of phosphoric acid groups is 2. The highest BCUT2D eigenvalue weighted by atomic mass is 31.2. The Morgan fingerprint density at radius 2 is 0.505 bits per heavy atom. The van der Waals surface area contributed by atoms with Crippen LogP contribution in [0.2, 0.25) is 0 Å². The molecule has 0 aromatic carbocycles. The van der Waals surface area contributed by atoms with Crippen molar-refractivity contribution in [2.45, 2.75) is 419 Å². The van der Waals surface area contributed by atoms with Crippen LogP contribution >= 0.6 is 15.6 Å². The number of ether oxygens (including phenoxy) is 4. The van der Waals surface area contributed by atoms with Crippen molar-refractivity contribution in [3.63, 3.8) is 0 Å². The monoisotopic (exact) mass is 1400 g/mol. The van der Waals surface area contributed by atoms with E-state index >= 15 is 0 Å². The summed E-state index contributed by atoms with van der Waals surface area (Å²) in [5.41, 5.74) is 0. The zero-order valence-electron chi connectivity index (χ0n) is 61.8. The van der Waals surface area contributed by atoms with Gasteiger partial charge in [0.05, 0.1) is 26.4 Å².